The number of amides is 2. The van der Waals surface area contributed by atoms with Crippen molar-refractivity contribution in [3.63, 3.8) is 0 Å². The fourth-order valence-electron chi connectivity index (χ4n) is 3.26. The number of hydrogen-bond donors (Lipinski definition) is 3. The first-order valence-corrected chi connectivity index (χ1v) is 8.01. The smallest absolute Gasteiger partial charge is 0.315 e. The molecule has 7 heteroatoms. The van der Waals surface area contributed by atoms with Crippen LogP contribution in [0.5, 0.6) is 0 Å². The molecule has 0 bridgehead atoms. The van der Waals surface area contributed by atoms with E-state index in [0.29, 0.717) is 45.1 Å². The number of carbonyl (C=O) groups is 2. The van der Waals surface area contributed by atoms with Gasteiger partial charge in [-0.15, -0.1) is 0 Å². The molecule has 2 rings (SSSR count). The highest BCUT2D eigenvalue weighted by molar-refractivity contribution is 5.74. The van der Waals surface area contributed by atoms with Crippen LogP contribution in [0.15, 0.2) is 0 Å². The van der Waals surface area contributed by atoms with Crippen molar-refractivity contribution < 1.29 is 23.5 Å². The molecule has 0 heterocycles. The number of carboxylic acid groups (broad SMARTS) is 1. The fraction of sp³-hybridized carbons (Fsp3) is 0.867. The number of nitrogens with one attached hydrogen (secondary N) is 2. The van der Waals surface area contributed by atoms with E-state index >= 15 is 0 Å². The quantitative estimate of drug-likeness (QED) is 0.746. The van der Waals surface area contributed by atoms with Crippen LogP contribution in [-0.4, -0.2) is 35.6 Å². The zero-order valence-corrected chi connectivity index (χ0v) is 12.6. The number of carbonyl (C=O) groups excluding carboxylic acids is 1. The van der Waals surface area contributed by atoms with Gasteiger partial charge in [0.2, 0.25) is 5.92 Å². The van der Waals surface area contributed by atoms with Gasteiger partial charge in [0.25, 0.3) is 0 Å². The first kappa shape index (κ1) is 17.0. The molecule has 2 fully saturated rings. The minimum Gasteiger partial charge on any atom is -0.481 e. The Morgan fingerprint density at radius 1 is 1.05 bits per heavy atom. The van der Waals surface area contributed by atoms with Crippen LogP contribution in [-0.2, 0) is 4.79 Å². The van der Waals surface area contributed by atoms with Crippen molar-refractivity contribution in [3.05, 3.63) is 0 Å². The molecule has 0 atom stereocenters. The second kappa shape index (κ2) is 7.24. The molecule has 0 aromatic carbocycles. The monoisotopic (exact) mass is 318 g/mol. The van der Waals surface area contributed by atoms with Gasteiger partial charge in [-0.3, -0.25) is 4.79 Å². The molecule has 22 heavy (non-hydrogen) atoms. The van der Waals surface area contributed by atoms with Gasteiger partial charge in [0.15, 0.2) is 0 Å². The molecule has 2 amide bonds. The zero-order chi connectivity index (χ0) is 16.2. The van der Waals surface area contributed by atoms with E-state index in [1.165, 1.54) is 0 Å². The number of hydrogen-bond acceptors (Lipinski definition) is 2. The third-order valence-electron chi connectivity index (χ3n) is 4.80. The number of carboxylic acids is 1. The summed E-state index contributed by atoms with van der Waals surface area (Å²) in [6.45, 7) is 0.423. The summed E-state index contributed by atoms with van der Waals surface area (Å²) >= 11 is 0. The predicted molar refractivity (Wildman–Crippen MR) is 76.8 cm³/mol. The van der Waals surface area contributed by atoms with Crippen LogP contribution in [0.25, 0.3) is 0 Å². The third-order valence-corrected chi connectivity index (χ3v) is 4.80. The van der Waals surface area contributed by atoms with Crippen LogP contribution in [0.1, 0.15) is 51.4 Å². The van der Waals surface area contributed by atoms with E-state index in [9.17, 15) is 18.4 Å². The summed E-state index contributed by atoms with van der Waals surface area (Å²) in [5.74, 6) is -3.49. The first-order chi connectivity index (χ1) is 10.4. The van der Waals surface area contributed by atoms with Gasteiger partial charge in [0.05, 0.1) is 5.92 Å². The van der Waals surface area contributed by atoms with Gasteiger partial charge >= 0.3 is 12.0 Å². The minimum atomic E-state index is -2.54. The van der Waals surface area contributed by atoms with E-state index in [2.05, 4.69) is 10.6 Å². The van der Waals surface area contributed by atoms with Crippen molar-refractivity contribution in [2.24, 2.45) is 11.8 Å². The molecule has 3 N–H and O–H groups in total. The Morgan fingerprint density at radius 2 is 1.64 bits per heavy atom. The molecule has 0 aromatic heterocycles. The molecule has 2 aliphatic rings. The lowest BCUT2D eigenvalue weighted by Gasteiger charge is -2.29. The number of rotatable bonds is 4. The second-order valence-electron chi connectivity index (χ2n) is 6.54. The van der Waals surface area contributed by atoms with Gasteiger partial charge in [-0.05, 0) is 44.4 Å². The van der Waals surface area contributed by atoms with Crippen LogP contribution in [0.2, 0.25) is 0 Å². The normalized spacial score (nSPS) is 28.8. The third kappa shape index (κ3) is 5.10. The number of aliphatic carboxylic acids is 1. The maximum atomic E-state index is 13.0. The summed E-state index contributed by atoms with van der Waals surface area (Å²) in [5.41, 5.74) is 0. The Hall–Kier alpha value is -1.40. The summed E-state index contributed by atoms with van der Waals surface area (Å²) in [6.07, 6.45) is 3.18. The second-order valence-corrected chi connectivity index (χ2v) is 6.54. The summed E-state index contributed by atoms with van der Waals surface area (Å²) in [6, 6.07) is -0.276. The van der Waals surface area contributed by atoms with E-state index < -0.39 is 11.9 Å². The van der Waals surface area contributed by atoms with E-state index in [1.807, 2.05) is 0 Å². The Labute approximate surface area is 128 Å². The SMILES string of the molecule is O=C(NCC1CCC(F)(F)CC1)NC1CCC(C(=O)O)CC1. The summed E-state index contributed by atoms with van der Waals surface area (Å²) in [4.78, 5) is 22.7. The molecule has 0 unspecified atom stereocenters. The molecule has 5 nitrogen and oxygen atoms in total. The minimum absolute atomic E-state index is 0.00582. The van der Waals surface area contributed by atoms with Crippen molar-refractivity contribution in [2.45, 2.75) is 63.3 Å². The summed E-state index contributed by atoms with van der Waals surface area (Å²) in [7, 11) is 0. The Morgan fingerprint density at radius 3 is 2.18 bits per heavy atom. The average molecular weight is 318 g/mol. The zero-order valence-electron chi connectivity index (χ0n) is 12.6. The molecule has 0 saturated heterocycles. The molecule has 126 valence electrons. The molecule has 0 spiro atoms. The van der Waals surface area contributed by atoms with Crippen molar-refractivity contribution in [1.82, 2.24) is 10.6 Å². The topological polar surface area (TPSA) is 78.4 Å². The van der Waals surface area contributed by atoms with Crippen LogP contribution < -0.4 is 10.6 Å². The van der Waals surface area contributed by atoms with Crippen molar-refractivity contribution >= 4 is 12.0 Å². The first-order valence-electron chi connectivity index (χ1n) is 8.01. The predicted octanol–water partition coefficient (Wildman–Crippen LogP) is 2.75. The summed E-state index contributed by atoms with van der Waals surface area (Å²) < 4.78 is 26.1. The van der Waals surface area contributed by atoms with Gasteiger partial charge in [0.1, 0.15) is 0 Å². The maximum Gasteiger partial charge on any atom is 0.315 e. The number of halogens is 2. The average Bonchev–Trinajstić information content (AvgIpc) is 2.46. The molecule has 0 radical (unpaired) electrons. The number of urea groups is 1. The van der Waals surface area contributed by atoms with Crippen LogP contribution in [0, 0.1) is 11.8 Å². The highest BCUT2D eigenvalue weighted by Gasteiger charge is 2.35. The molecular weight excluding hydrogens is 294 g/mol. The van der Waals surface area contributed by atoms with Crippen LogP contribution >= 0.6 is 0 Å². The molecule has 2 saturated carbocycles. The molecule has 0 aromatic rings. The highest BCUT2D eigenvalue weighted by Crippen LogP contribution is 2.35. The maximum absolute atomic E-state index is 13.0. The van der Waals surface area contributed by atoms with E-state index in [-0.39, 0.29) is 36.8 Å². The van der Waals surface area contributed by atoms with Crippen molar-refractivity contribution in [1.29, 1.82) is 0 Å². The van der Waals surface area contributed by atoms with E-state index in [1.54, 1.807) is 0 Å². The van der Waals surface area contributed by atoms with E-state index in [0.717, 1.165) is 0 Å². The molecule has 2 aliphatic carbocycles. The van der Waals surface area contributed by atoms with E-state index in [4.69, 9.17) is 5.11 Å². The lowest BCUT2D eigenvalue weighted by atomic mass is 9.86. The van der Waals surface area contributed by atoms with Crippen molar-refractivity contribution in [2.75, 3.05) is 6.54 Å². The molecule has 0 aliphatic heterocycles. The Bertz CT molecular complexity index is 400. The highest BCUT2D eigenvalue weighted by atomic mass is 19.3. The van der Waals surface area contributed by atoms with Gasteiger partial charge in [-0.1, -0.05) is 0 Å². The molecular formula is C15H24F2N2O3. The summed E-state index contributed by atoms with van der Waals surface area (Å²) in [5, 5.41) is 14.5. The van der Waals surface area contributed by atoms with Gasteiger partial charge in [0, 0.05) is 25.4 Å². The Balaban J connectivity index is 1.62. The standard InChI is InChI=1S/C15H24F2N2O3/c16-15(17)7-5-10(6-8-15)9-18-14(22)19-12-3-1-11(2-4-12)13(20)21/h10-12H,1-9H2,(H,20,21)(H2,18,19,22). The van der Waals surface area contributed by atoms with Crippen LogP contribution in [0.3, 0.4) is 0 Å². The fourth-order valence-corrected chi connectivity index (χ4v) is 3.26. The van der Waals surface area contributed by atoms with Gasteiger partial charge in [-0.25, -0.2) is 13.6 Å². The lowest BCUT2D eigenvalue weighted by Crippen LogP contribution is -2.45. The number of alkyl halides is 2. The Kier molecular flexibility index (Phi) is 5.58. The van der Waals surface area contributed by atoms with Crippen LogP contribution in [0.4, 0.5) is 13.6 Å². The lowest BCUT2D eigenvalue weighted by molar-refractivity contribution is -0.142. The largest absolute Gasteiger partial charge is 0.481 e. The van der Waals surface area contributed by atoms with Gasteiger partial charge < -0.3 is 15.7 Å². The van der Waals surface area contributed by atoms with Crippen molar-refractivity contribution in [3.8, 4) is 0 Å². The van der Waals surface area contributed by atoms with Gasteiger partial charge in [-0.2, -0.15) is 0 Å².